The molecule has 0 amide bonds. The predicted molar refractivity (Wildman–Crippen MR) is 142 cm³/mol. The summed E-state index contributed by atoms with van der Waals surface area (Å²) >= 11 is -0.168. The summed E-state index contributed by atoms with van der Waals surface area (Å²) in [5.41, 5.74) is 2.83. The van der Waals surface area contributed by atoms with Crippen LogP contribution in [0.1, 0.15) is 59.8 Å². The summed E-state index contributed by atoms with van der Waals surface area (Å²) in [6, 6.07) is 9.93. The summed E-state index contributed by atoms with van der Waals surface area (Å²) < 4.78 is 17.2. The second-order valence-electron chi connectivity index (χ2n) is 9.55. The molecule has 192 valence electrons. The molecule has 0 aliphatic heterocycles. The Bertz CT molecular complexity index is 934. The zero-order valence-corrected chi connectivity index (χ0v) is 23.7. The third-order valence-corrected chi connectivity index (χ3v) is 8.58. The Kier molecular flexibility index (Phi) is 12.2. The van der Waals surface area contributed by atoms with E-state index in [0.717, 1.165) is 42.1 Å². The van der Waals surface area contributed by atoms with E-state index in [-0.39, 0.29) is 49.8 Å². The quantitative estimate of drug-likeness (QED) is 0.113. The number of ether oxygens (including phenoxy) is 3. The van der Waals surface area contributed by atoms with Crippen molar-refractivity contribution in [2.75, 3.05) is 21.0 Å². The number of benzene rings is 1. The van der Waals surface area contributed by atoms with Crippen molar-refractivity contribution in [2.45, 2.75) is 65.9 Å². The van der Waals surface area contributed by atoms with Crippen molar-refractivity contribution in [3.8, 4) is 0 Å². The summed E-state index contributed by atoms with van der Waals surface area (Å²) in [6.07, 6.45) is 10.2. The molecular weight excluding hydrogens is 507 g/mol. The Morgan fingerprint density at radius 1 is 1.11 bits per heavy atom. The minimum atomic E-state index is -0.283. The Balaban J connectivity index is 1.94. The van der Waals surface area contributed by atoms with Crippen molar-refractivity contribution in [3.63, 3.8) is 0 Å². The number of allylic oxidation sites excluding steroid dienone is 4. The van der Waals surface area contributed by atoms with Gasteiger partial charge in [-0.15, -0.1) is 0 Å². The van der Waals surface area contributed by atoms with E-state index >= 15 is 0 Å². The molecule has 0 spiro atoms. The molecule has 35 heavy (non-hydrogen) atoms. The SMILES string of the molecule is COCO[C@@H]1C=C(C(=O)OC)[C@](C)(CC/C(C)=C/CC/C(C)=C/C(=O)[Se]c2ccccc2)[C@H](C)C1. The summed E-state index contributed by atoms with van der Waals surface area (Å²) in [4.78, 5) is 25.0. The number of hydrogen-bond acceptors (Lipinski definition) is 5. The van der Waals surface area contributed by atoms with Crippen LogP contribution in [0.2, 0.25) is 0 Å². The first-order chi connectivity index (χ1) is 16.7. The van der Waals surface area contributed by atoms with Gasteiger partial charge in [0.05, 0.1) is 13.2 Å². The number of methoxy groups -OCH3 is 2. The van der Waals surface area contributed by atoms with Crippen molar-refractivity contribution >= 4 is 30.1 Å². The van der Waals surface area contributed by atoms with Crippen LogP contribution in [-0.2, 0) is 23.8 Å². The van der Waals surface area contributed by atoms with Crippen molar-refractivity contribution in [3.05, 3.63) is 65.3 Å². The Labute approximate surface area is 217 Å². The molecule has 1 aromatic carbocycles. The van der Waals surface area contributed by atoms with Gasteiger partial charge in [0.15, 0.2) is 0 Å². The zero-order chi connectivity index (χ0) is 25.8. The van der Waals surface area contributed by atoms with Crippen LogP contribution in [-0.4, -0.2) is 52.7 Å². The minimum absolute atomic E-state index is 0.149. The Morgan fingerprint density at radius 3 is 2.49 bits per heavy atom. The summed E-state index contributed by atoms with van der Waals surface area (Å²) in [5.74, 6) is -0.0202. The van der Waals surface area contributed by atoms with Crippen molar-refractivity contribution in [2.24, 2.45) is 11.3 Å². The second-order valence-corrected chi connectivity index (χ2v) is 11.8. The fourth-order valence-electron chi connectivity index (χ4n) is 4.39. The molecule has 0 aromatic heterocycles. The van der Waals surface area contributed by atoms with Crippen LogP contribution in [0, 0.1) is 11.3 Å². The first-order valence-electron chi connectivity index (χ1n) is 12.2. The molecule has 1 aromatic rings. The van der Waals surface area contributed by atoms with Gasteiger partial charge in [-0.2, -0.15) is 0 Å². The molecule has 5 nitrogen and oxygen atoms in total. The average molecular weight is 548 g/mol. The van der Waals surface area contributed by atoms with Crippen LogP contribution >= 0.6 is 0 Å². The molecule has 0 saturated heterocycles. The third-order valence-electron chi connectivity index (χ3n) is 6.84. The third kappa shape index (κ3) is 9.19. The average Bonchev–Trinajstić information content (AvgIpc) is 2.83. The molecule has 0 N–H and O–H groups in total. The van der Waals surface area contributed by atoms with Gasteiger partial charge in [-0.3, -0.25) is 0 Å². The van der Waals surface area contributed by atoms with E-state index in [2.05, 4.69) is 26.8 Å². The Hall–Kier alpha value is -1.98. The number of carbonyl (C=O) groups excluding carboxylic acids is 2. The summed E-state index contributed by atoms with van der Waals surface area (Å²) in [5, 5.41) is 0. The van der Waals surface area contributed by atoms with Crippen LogP contribution in [0.4, 0.5) is 0 Å². The number of esters is 1. The van der Waals surface area contributed by atoms with E-state index in [9.17, 15) is 9.59 Å². The van der Waals surface area contributed by atoms with Gasteiger partial charge in [0, 0.05) is 7.11 Å². The van der Waals surface area contributed by atoms with Crippen LogP contribution in [0.5, 0.6) is 0 Å². The predicted octanol–water partition coefficient (Wildman–Crippen LogP) is 5.13. The van der Waals surface area contributed by atoms with Crippen molar-refractivity contribution in [1.82, 2.24) is 0 Å². The first-order valence-corrected chi connectivity index (χ1v) is 13.9. The first kappa shape index (κ1) is 29.3. The van der Waals surface area contributed by atoms with E-state index < -0.39 is 0 Å². The molecule has 3 atom stereocenters. The normalized spacial score (nSPS) is 23.1. The van der Waals surface area contributed by atoms with Crippen LogP contribution in [0.3, 0.4) is 0 Å². The van der Waals surface area contributed by atoms with E-state index in [1.54, 1.807) is 13.2 Å². The fourth-order valence-corrected chi connectivity index (χ4v) is 6.04. The summed E-state index contributed by atoms with van der Waals surface area (Å²) in [7, 11) is 3.03. The van der Waals surface area contributed by atoms with Gasteiger partial charge >= 0.3 is 171 Å². The molecule has 6 heteroatoms. The van der Waals surface area contributed by atoms with Gasteiger partial charge in [0.1, 0.15) is 6.79 Å². The molecule has 2 rings (SSSR count). The second kappa shape index (κ2) is 14.5. The van der Waals surface area contributed by atoms with Crippen LogP contribution < -0.4 is 4.46 Å². The monoisotopic (exact) mass is 548 g/mol. The van der Waals surface area contributed by atoms with Crippen LogP contribution in [0.25, 0.3) is 0 Å². The standard InChI is InChI=1S/C29H40O5Se/c1-21(11-10-12-22(2)17-27(30)35-25-13-8-7-9-14-25)15-16-29(4)23(3)18-24(34-20-32-5)19-26(29)28(31)33-6/h7-9,11,13-14,17,19,23-24H,10,12,15-16,18,20H2,1-6H3/b21-11+,22-17+/t23-,24+,29-/m1/s1. The van der Waals surface area contributed by atoms with Crippen molar-refractivity contribution in [1.29, 1.82) is 0 Å². The Morgan fingerprint density at radius 2 is 1.83 bits per heavy atom. The fraction of sp³-hybridized carbons (Fsp3) is 0.517. The van der Waals surface area contributed by atoms with Crippen LogP contribution in [0.15, 0.2) is 65.3 Å². The molecule has 0 unspecified atom stereocenters. The molecule has 0 bridgehead atoms. The van der Waals surface area contributed by atoms with Gasteiger partial charge in [0.2, 0.25) is 0 Å². The topological polar surface area (TPSA) is 61.8 Å². The molecule has 0 fully saturated rings. The number of hydrogen-bond donors (Lipinski definition) is 0. The number of carbonyl (C=O) groups is 2. The van der Waals surface area contributed by atoms with Crippen molar-refractivity contribution < 1.29 is 23.8 Å². The molecule has 0 heterocycles. The maximum atomic E-state index is 12.6. The van der Waals surface area contributed by atoms with Gasteiger partial charge in [-0.25, -0.2) is 4.79 Å². The maximum absolute atomic E-state index is 12.6. The summed E-state index contributed by atoms with van der Waals surface area (Å²) in [6.45, 7) is 8.72. The van der Waals surface area contributed by atoms with E-state index in [0.29, 0.717) is 5.57 Å². The molecule has 0 radical (unpaired) electrons. The van der Waals surface area contributed by atoms with Gasteiger partial charge < -0.3 is 14.2 Å². The molecule has 1 aliphatic carbocycles. The number of rotatable bonds is 13. The zero-order valence-electron chi connectivity index (χ0n) is 22.0. The van der Waals surface area contributed by atoms with E-state index in [1.807, 2.05) is 43.3 Å². The molecule has 1 aliphatic rings. The molecule has 0 saturated carbocycles. The van der Waals surface area contributed by atoms with E-state index in [4.69, 9.17) is 14.2 Å². The van der Waals surface area contributed by atoms with Gasteiger partial charge in [0.25, 0.3) is 0 Å². The molecular formula is C29H40O5Se. The van der Waals surface area contributed by atoms with Gasteiger partial charge in [-0.1, -0.05) is 0 Å². The van der Waals surface area contributed by atoms with Gasteiger partial charge in [-0.05, 0) is 0 Å². The van der Waals surface area contributed by atoms with E-state index in [1.165, 1.54) is 12.7 Å².